The molecule has 0 atom stereocenters. The van der Waals surface area contributed by atoms with E-state index in [0.29, 0.717) is 15.8 Å². The first-order valence-corrected chi connectivity index (χ1v) is 9.35. The number of carboxylic acids is 1. The van der Waals surface area contributed by atoms with E-state index in [1.54, 1.807) is 24.3 Å². The summed E-state index contributed by atoms with van der Waals surface area (Å²) >= 11 is 12.6. The molecule has 0 heterocycles. The van der Waals surface area contributed by atoms with E-state index >= 15 is 0 Å². The van der Waals surface area contributed by atoms with E-state index in [1.807, 2.05) is 6.07 Å². The van der Waals surface area contributed by atoms with Crippen molar-refractivity contribution in [3.8, 4) is 11.5 Å². The highest BCUT2D eigenvalue weighted by Gasteiger charge is 2.10. The predicted molar refractivity (Wildman–Crippen MR) is 108 cm³/mol. The monoisotopic (exact) mass is 518 g/mol. The molecular weight excluding hydrogens is 507 g/mol. The van der Waals surface area contributed by atoms with Crippen molar-refractivity contribution in [2.75, 3.05) is 13.2 Å². The molecule has 0 bridgehead atoms. The molecule has 7 nitrogen and oxygen atoms in total. The summed E-state index contributed by atoms with van der Waals surface area (Å²) in [5.74, 6) is -0.784. The van der Waals surface area contributed by atoms with Gasteiger partial charge in [-0.3, -0.25) is 4.79 Å². The van der Waals surface area contributed by atoms with Crippen LogP contribution in [-0.2, 0) is 9.59 Å². The molecule has 0 fully saturated rings. The molecule has 0 spiro atoms. The maximum absolute atomic E-state index is 11.8. The molecule has 0 aliphatic rings. The van der Waals surface area contributed by atoms with Crippen LogP contribution in [0.5, 0.6) is 11.5 Å². The van der Waals surface area contributed by atoms with E-state index in [9.17, 15) is 9.59 Å². The molecule has 2 aromatic carbocycles. The lowest BCUT2D eigenvalue weighted by atomic mass is 10.2. The number of hydrazone groups is 1. The average Bonchev–Trinajstić information content (AvgIpc) is 2.59. The highest BCUT2D eigenvalue weighted by atomic mass is 79.9. The molecule has 2 N–H and O–H groups in total. The number of carbonyl (C=O) groups is 2. The number of benzene rings is 2. The Labute approximate surface area is 176 Å². The molecule has 0 aromatic heterocycles. The van der Waals surface area contributed by atoms with E-state index < -0.39 is 18.5 Å². The van der Waals surface area contributed by atoms with Crippen molar-refractivity contribution < 1.29 is 24.2 Å². The number of nitrogens with one attached hydrogen (secondary N) is 1. The molecule has 0 saturated carbocycles. The minimum Gasteiger partial charge on any atom is -0.484 e. The van der Waals surface area contributed by atoms with Crippen LogP contribution in [0.2, 0.25) is 5.02 Å². The van der Waals surface area contributed by atoms with Crippen LogP contribution >= 0.6 is 43.5 Å². The van der Waals surface area contributed by atoms with Crippen LogP contribution < -0.4 is 14.9 Å². The van der Waals surface area contributed by atoms with Gasteiger partial charge in [0, 0.05) is 4.47 Å². The number of nitrogens with zero attached hydrogens (tertiary/aromatic N) is 1. The lowest BCUT2D eigenvalue weighted by molar-refractivity contribution is -0.139. The Morgan fingerprint density at radius 2 is 1.96 bits per heavy atom. The second-order valence-electron chi connectivity index (χ2n) is 5.04. The van der Waals surface area contributed by atoms with Gasteiger partial charge in [-0.2, -0.15) is 5.10 Å². The molecule has 27 heavy (non-hydrogen) atoms. The predicted octanol–water partition coefficient (Wildman–Crippen LogP) is 3.86. The number of ether oxygens (including phenoxy) is 2. The third-order valence-corrected chi connectivity index (χ3v) is 4.29. The van der Waals surface area contributed by atoms with Crippen LogP contribution in [0.25, 0.3) is 0 Å². The number of rotatable bonds is 8. The summed E-state index contributed by atoms with van der Waals surface area (Å²) in [4.78, 5) is 22.3. The number of hydrogen-bond acceptors (Lipinski definition) is 5. The zero-order chi connectivity index (χ0) is 19.8. The van der Waals surface area contributed by atoms with E-state index in [1.165, 1.54) is 12.3 Å². The molecule has 142 valence electrons. The number of carboxylic acid groups (broad SMARTS) is 1. The smallest absolute Gasteiger partial charge is 0.341 e. The minimum atomic E-state index is -1.11. The third kappa shape index (κ3) is 7.20. The Morgan fingerprint density at radius 1 is 1.19 bits per heavy atom. The average molecular weight is 521 g/mol. The molecular formula is C17H13Br2ClN2O5. The van der Waals surface area contributed by atoms with Crippen molar-refractivity contribution in [1.82, 2.24) is 5.43 Å². The fourth-order valence-corrected chi connectivity index (χ4v) is 3.21. The van der Waals surface area contributed by atoms with Crippen LogP contribution in [0.1, 0.15) is 5.56 Å². The van der Waals surface area contributed by atoms with Crippen molar-refractivity contribution in [1.29, 1.82) is 0 Å². The van der Waals surface area contributed by atoms with Gasteiger partial charge >= 0.3 is 5.97 Å². The summed E-state index contributed by atoms with van der Waals surface area (Å²) in [6, 6.07) is 10.3. The van der Waals surface area contributed by atoms with Crippen LogP contribution in [0.15, 0.2) is 50.4 Å². The molecule has 0 unspecified atom stereocenters. The third-order valence-electron chi connectivity index (χ3n) is 2.93. The van der Waals surface area contributed by atoms with Crippen molar-refractivity contribution in [2.24, 2.45) is 5.10 Å². The topological polar surface area (TPSA) is 97.2 Å². The zero-order valence-corrected chi connectivity index (χ0v) is 17.5. The van der Waals surface area contributed by atoms with Gasteiger partial charge in [0.1, 0.15) is 5.75 Å². The van der Waals surface area contributed by atoms with Gasteiger partial charge in [0.15, 0.2) is 19.0 Å². The summed E-state index contributed by atoms with van der Waals surface area (Å²) in [5.41, 5.74) is 2.91. The Hall–Kier alpha value is -2.10. The number of amides is 1. The number of hydrogen-bond donors (Lipinski definition) is 2. The second kappa shape index (κ2) is 10.3. The number of carbonyl (C=O) groups excluding carboxylic acids is 1. The van der Waals surface area contributed by atoms with Crippen molar-refractivity contribution >= 4 is 61.6 Å². The number of aliphatic carboxylic acids is 1. The van der Waals surface area contributed by atoms with Gasteiger partial charge in [-0.15, -0.1) is 0 Å². The minimum absolute atomic E-state index is 0.194. The van der Waals surface area contributed by atoms with Crippen LogP contribution in [0, 0.1) is 0 Å². The van der Waals surface area contributed by atoms with Crippen molar-refractivity contribution in [3.63, 3.8) is 0 Å². The van der Waals surface area contributed by atoms with E-state index in [2.05, 4.69) is 42.4 Å². The summed E-state index contributed by atoms with van der Waals surface area (Å²) in [7, 11) is 0. The highest BCUT2D eigenvalue weighted by molar-refractivity contribution is 9.10. The molecule has 0 aliphatic carbocycles. The van der Waals surface area contributed by atoms with E-state index in [0.717, 1.165) is 4.47 Å². The zero-order valence-electron chi connectivity index (χ0n) is 13.6. The Balaban J connectivity index is 1.89. The molecule has 1 amide bonds. The molecule has 0 aliphatic heterocycles. The lowest BCUT2D eigenvalue weighted by Gasteiger charge is -2.09. The highest BCUT2D eigenvalue weighted by Crippen LogP contribution is 2.34. The fraction of sp³-hybridized carbons (Fsp3) is 0.118. The molecule has 2 rings (SSSR count). The normalized spacial score (nSPS) is 10.6. The standard InChI is InChI=1S/C17H13Br2ClN2O5/c18-11-2-1-3-12(6-11)26-8-15(23)22-21-7-10-4-13(19)17(14(20)5-10)27-9-16(24)25/h1-7H,8-9H2,(H,22,23)(H,24,25)/b21-7-. The van der Waals surface area contributed by atoms with Crippen LogP contribution in [-0.4, -0.2) is 36.4 Å². The van der Waals surface area contributed by atoms with E-state index in [-0.39, 0.29) is 17.4 Å². The van der Waals surface area contributed by atoms with Crippen molar-refractivity contribution in [2.45, 2.75) is 0 Å². The largest absolute Gasteiger partial charge is 0.484 e. The van der Waals surface area contributed by atoms with Crippen molar-refractivity contribution in [3.05, 3.63) is 55.9 Å². The Bertz CT molecular complexity index is 853. The molecule has 0 saturated heterocycles. The molecule has 10 heteroatoms. The van der Waals surface area contributed by atoms with Gasteiger partial charge in [0.25, 0.3) is 5.91 Å². The Morgan fingerprint density at radius 3 is 2.63 bits per heavy atom. The Kier molecular flexibility index (Phi) is 8.08. The first-order chi connectivity index (χ1) is 12.8. The SMILES string of the molecule is O=C(O)COc1c(Cl)cc(/C=N\NC(=O)COc2cccc(Br)c2)cc1Br. The quantitative estimate of drug-likeness (QED) is 0.407. The molecule has 0 radical (unpaired) electrons. The molecule has 2 aromatic rings. The van der Waals surface area contributed by atoms with E-state index in [4.69, 9.17) is 26.2 Å². The van der Waals surface area contributed by atoms with Gasteiger partial charge in [-0.1, -0.05) is 33.6 Å². The van der Waals surface area contributed by atoms with Crippen LogP contribution in [0.3, 0.4) is 0 Å². The first-order valence-electron chi connectivity index (χ1n) is 7.39. The van der Waals surface area contributed by atoms with Gasteiger partial charge < -0.3 is 14.6 Å². The van der Waals surface area contributed by atoms with Crippen LogP contribution in [0.4, 0.5) is 0 Å². The van der Waals surface area contributed by atoms with Gasteiger partial charge in [0.2, 0.25) is 0 Å². The second-order valence-corrected chi connectivity index (χ2v) is 7.21. The lowest BCUT2D eigenvalue weighted by Crippen LogP contribution is -2.24. The first kappa shape index (κ1) is 21.2. The summed E-state index contributed by atoms with van der Waals surface area (Å²) < 4.78 is 11.7. The summed E-state index contributed by atoms with van der Waals surface area (Å²) in [6.07, 6.45) is 1.38. The van der Waals surface area contributed by atoms with Gasteiger partial charge in [-0.05, 0) is 51.8 Å². The van der Waals surface area contributed by atoms with Gasteiger partial charge in [0.05, 0.1) is 15.7 Å². The maximum atomic E-state index is 11.8. The summed E-state index contributed by atoms with van der Waals surface area (Å²) in [5, 5.41) is 12.7. The summed E-state index contributed by atoms with van der Waals surface area (Å²) in [6.45, 7) is -0.708. The maximum Gasteiger partial charge on any atom is 0.341 e. The van der Waals surface area contributed by atoms with Gasteiger partial charge in [-0.25, -0.2) is 10.2 Å². The fourth-order valence-electron chi connectivity index (χ4n) is 1.84. The number of halogens is 3.